The van der Waals surface area contributed by atoms with E-state index in [0.717, 1.165) is 37.6 Å². The summed E-state index contributed by atoms with van der Waals surface area (Å²) < 4.78 is 10.7. The number of hydrogen-bond acceptors (Lipinski definition) is 5. The molecule has 1 aromatic heterocycles. The Morgan fingerprint density at radius 2 is 2.12 bits per heavy atom. The highest BCUT2D eigenvalue weighted by Crippen LogP contribution is 2.27. The van der Waals surface area contributed by atoms with Gasteiger partial charge < -0.3 is 24.4 Å². The Morgan fingerprint density at radius 3 is 2.77 bits per heavy atom. The van der Waals surface area contributed by atoms with E-state index in [1.807, 2.05) is 32.0 Å². The zero-order valence-corrected chi connectivity index (χ0v) is 15.6. The number of rotatable bonds is 6. The topological polar surface area (TPSA) is 72.0 Å². The SMILES string of the molecule is CCOc1ccccc1N1CC[NH+]([C@H](C)C(=O)Nc2cc(C)on2)CC1. The minimum atomic E-state index is -0.142. The van der Waals surface area contributed by atoms with Gasteiger partial charge in [0.05, 0.1) is 38.5 Å². The highest BCUT2D eigenvalue weighted by atomic mass is 16.5. The van der Waals surface area contributed by atoms with Crippen molar-refractivity contribution in [1.29, 1.82) is 0 Å². The first-order valence-corrected chi connectivity index (χ1v) is 9.14. The summed E-state index contributed by atoms with van der Waals surface area (Å²) in [6.07, 6.45) is 0. The fourth-order valence-electron chi connectivity index (χ4n) is 3.31. The molecule has 140 valence electrons. The smallest absolute Gasteiger partial charge is 0.283 e. The summed E-state index contributed by atoms with van der Waals surface area (Å²) in [4.78, 5) is 16.1. The van der Waals surface area contributed by atoms with Crippen molar-refractivity contribution in [2.45, 2.75) is 26.8 Å². The third-order valence-corrected chi connectivity index (χ3v) is 4.80. The normalized spacial score (nSPS) is 16.3. The lowest BCUT2D eigenvalue weighted by molar-refractivity contribution is -0.914. The van der Waals surface area contributed by atoms with E-state index in [2.05, 4.69) is 21.4 Å². The number of benzene rings is 1. The lowest BCUT2D eigenvalue weighted by atomic mass is 10.2. The molecule has 0 aliphatic carbocycles. The van der Waals surface area contributed by atoms with E-state index >= 15 is 0 Å². The molecule has 2 N–H and O–H groups in total. The van der Waals surface area contributed by atoms with Crippen molar-refractivity contribution >= 4 is 17.4 Å². The van der Waals surface area contributed by atoms with E-state index in [9.17, 15) is 4.79 Å². The van der Waals surface area contributed by atoms with Crippen molar-refractivity contribution in [2.24, 2.45) is 0 Å². The molecular formula is C19H27N4O3+. The zero-order valence-electron chi connectivity index (χ0n) is 15.6. The van der Waals surface area contributed by atoms with Crippen LogP contribution in [0.15, 0.2) is 34.9 Å². The van der Waals surface area contributed by atoms with Crippen LogP contribution in [-0.2, 0) is 4.79 Å². The number of nitrogens with zero attached hydrogens (tertiary/aromatic N) is 2. The Morgan fingerprint density at radius 1 is 1.38 bits per heavy atom. The van der Waals surface area contributed by atoms with Gasteiger partial charge in [-0.3, -0.25) is 4.79 Å². The minimum absolute atomic E-state index is 0.0310. The Kier molecular flexibility index (Phi) is 5.78. The van der Waals surface area contributed by atoms with Gasteiger partial charge in [-0.2, -0.15) is 0 Å². The molecule has 0 bridgehead atoms. The van der Waals surface area contributed by atoms with Crippen molar-refractivity contribution in [2.75, 3.05) is 43.0 Å². The number of quaternary nitrogens is 1. The molecule has 7 nitrogen and oxygen atoms in total. The van der Waals surface area contributed by atoms with E-state index in [0.29, 0.717) is 18.2 Å². The fourth-order valence-corrected chi connectivity index (χ4v) is 3.31. The second-order valence-corrected chi connectivity index (χ2v) is 6.58. The number of anilines is 2. The van der Waals surface area contributed by atoms with Gasteiger partial charge in [-0.1, -0.05) is 17.3 Å². The summed E-state index contributed by atoms with van der Waals surface area (Å²) in [7, 11) is 0. The van der Waals surface area contributed by atoms with Crippen LogP contribution in [0.3, 0.4) is 0 Å². The molecule has 26 heavy (non-hydrogen) atoms. The maximum Gasteiger partial charge on any atom is 0.283 e. The average molecular weight is 359 g/mol. The quantitative estimate of drug-likeness (QED) is 0.809. The van der Waals surface area contributed by atoms with Crippen molar-refractivity contribution in [1.82, 2.24) is 5.16 Å². The Balaban J connectivity index is 1.57. The van der Waals surface area contributed by atoms with Crippen LogP contribution in [0, 0.1) is 6.92 Å². The van der Waals surface area contributed by atoms with Crippen LogP contribution < -0.4 is 19.9 Å². The maximum absolute atomic E-state index is 12.5. The molecule has 1 amide bonds. The first kappa shape index (κ1) is 18.3. The van der Waals surface area contributed by atoms with Gasteiger partial charge in [0, 0.05) is 6.07 Å². The number of piperazine rings is 1. The van der Waals surface area contributed by atoms with Crippen LogP contribution in [0.5, 0.6) is 5.75 Å². The largest absolute Gasteiger partial charge is 0.492 e. The van der Waals surface area contributed by atoms with Gasteiger partial charge >= 0.3 is 0 Å². The van der Waals surface area contributed by atoms with E-state index < -0.39 is 0 Å². The molecule has 1 aliphatic heterocycles. The number of hydrogen-bond donors (Lipinski definition) is 2. The minimum Gasteiger partial charge on any atom is -0.492 e. The lowest BCUT2D eigenvalue weighted by Crippen LogP contribution is -3.19. The van der Waals surface area contributed by atoms with Gasteiger partial charge in [-0.25, -0.2) is 0 Å². The Bertz CT molecular complexity index is 738. The van der Waals surface area contributed by atoms with Crippen molar-refractivity contribution in [3.8, 4) is 5.75 Å². The Labute approximate surface area is 153 Å². The van der Waals surface area contributed by atoms with Crippen LogP contribution in [0.2, 0.25) is 0 Å². The third-order valence-electron chi connectivity index (χ3n) is 4.80. The summed E-state index contributed by atoms with van der Waals surface area (Å²) in [5, 5.41) is 6.65. The number of amides is 1. The van der Waals surface area contributed by atoms with Crippen LogP contribution in [-0.4, -0.2) is 49.9 Å². The predicted molar refractivity (Wildman–Crippen MR) is 99.9 cm³/mol. The molecule has 1 saturated heterocycles. The molecular weight excluding hydrogens is 332 g/mol. The molecule has 0 unspecified atom stereocenters. The molecule has 2 heterocycles. The number of nitrogens with one attached hydrogen (secondary N) is 2. The van der Waals surface area contributed by atoms with Gasteiger partial charge in [0.2, 0.25) is 0 Å². The summed E-state index contributed by atoms with van der Waals surface area (Å²) in [5.74, 6) is 2.05. The van der Waals surface area contributed by atoms with Gasteiger partial charge in [-0.15, -0.1) is 0 Å². The molecule has 0 saturated carbocycles. The monoisotopic (exact) mass is 359 g/mol. The molecule has 1 fully saturated rings. The number of carbonyl (C=O) groups is 1. The molecule has 0 spiro atoms. The van der Waals surface area contributed by atoms with Crippen LogP contribution >= 0.6 is 0 Å². The number of aryl methyl sites for hydroxylation is 1. The molecule has 1 aromatic carbocycles. The first-order chi connectivity index (χ1) is 12.6. The van der Waals surface area contributed by atoms with Crippen molar-refractivity contribution in [3.05, 3.63) is 36.1 Å². The van der Waals surface area contributed by atoms with Gasteiger partial charge in [0.1, 0.15) is 11.5 Å². The number of para-hydroxylation sites is 2. The molecule has 0 radical (unpaired) electrons. The van der Waals surface area contributed by atoms with Crippen molar-refractivity contribution < 1.29 is 19.0 Å². The third kappa shape index (κ3) is 4.16. The molecule has 2 aromatic rings. The van der Waals surface area contributed by atoms with Crippen molar-refractivity contribution in [3.63, 3.8) is 0 Å². The average Bonchev–Trinajstić information content (AvgIpc) is 3.07. The lowest BCUT2D eigenvalue weighted by Gasteiger charge is -2.36. The first-order valence-electron chi connectivity index (χ1n) is 9.14. The summed E-state index contributed by atoms with van der Waals surface area (Å²) >= 11 is 0. The van der Waals surface area contributed by atoms with Gasteiger partial charge in [0.25, 0.3) is 5.91 Å². The van der Waals surface area contributed by atoms with E-state index in [4.69, 9.17) is 9.26 Å². The second kappa shape index (κ2) is 8.23. The highest BCUT2D eigenvalue weighted by molar-refractivity contribution is 5.92. The van der Waals surface area contributed by atoms with Crippen LogP contribution in [0.25, 0.3) is 0 Å². The van der Waals surface area contributed by atoms with E-state index in [1.54, 1.807) is 13.0 Å². The standard InChI is InChI=1S/C19H26N4O3/c1-4-25-17-8-6-5-7-16(17)23-11-9-22(10-12-23)15(3)19(24)20-18-13-14(2)26-21-18/h5-8,13,15H,4,9-12H2,1-3H3,(H,20,21,24)/p+1/t15-/m1/s1. The number of carbonyl (C=O) groups excluding carboxylic acids is 1. The number of aromatic nitrogens is 1. The molecule has 3 rings (SSSR count). The van der Waals surface area contributed by atoms with Gasteiger partial charge in [0.15, 0.2) is 11.9 Å². The van der Waals surface area contributed by atoms with E-state index in [-0.39, 0.29) is 11.9 Å². The van der Waals surface area contributed by atoms with Gasteiger partial charge in [-0.05, 0) is 32.9 Å². The number of ether oxygens (including phenoxy) is 1. The molecule has 1 atom stereocenters. The second-order valence-electron chi connectivity index (χ2n) is 6.58. The fraction of sp³-hybridized carbons (Fsp3) is 0.474. The molecule has 7 heteroatoms. The van der Waals surface area contributed by atoms with Crippen LogP contribution in [0.4, 0.5) is 11.5 Å². The summed E-state index contributed by atoms with van der Waals surface area (Å²) in [6, 6.07) is 9.72. The van der Waals surface area contributed by atoms with E-state index in [1.165, 1.54) is 4.90 Å². The maximum atomic E-state index is 12.5. The van der Waals surface area contributed by atoms with Crippen LogP contribution in [0.1, 0.15) is 19.6 Å². The zero-order chi connectivity index (χ0) is 18.5. The predicted octanol–water partition coefficient (Wildman–Crippen LogP) is 1.11. The summed E-state index contributed by atoms with van der Waals surface area (Å²) in [6.45, 7) is 9.98. The Hall–Kier alpha value is -2.54. The summed E-state index contributed by atoms with van der Waals surface area (Å²) in [5.41, 5.74) is 1.13. The molecule has 1 aliphatic rings. The highest BCUT2D eigenvalue weighted by Gasteiger charge is 2.30.